The lowest BCUT2D eigenvalue weighted by atomic mass is 10.1. The Bertz CT molecular complexity index is 1310. The molecule has 3 rings (SSSR count). The zero-order valence-corrected chi connectivity index (χ0v) is 19.6. The van der Waals surface area contributed by atoms with E-state index in [9.17, 15) is 24.0 Å². The maximum absolute atomic E-state index is 13.1. The van der Waals surface area contributed by atoms with Crippen molar-refractivity contribution in [3.05, 3.63) is 104 Å². The largest absolute Gasteiger partial charge is 0.464 e. The summed E-state index contributed by atoms with van der Waals surface area (Å²) in [5.41, 5.74) is -0.169. The molecule has 0 saturated heterocycles. The van der Waals surface area contributed by atoms with Crippen molar-refractivity contribution < 1.29 is 19.1 Å². The number of esters is 1. The molecule has 0 fully saturated rings. The zero-order chi connectivity index (χ0) is 25.4. The molecule has 9 nitrogen and oxygen atoms in total. The van der Waals surface area contributed by atoms with Crippen LogP contribution in [0.2, 0.25) is 0 Å². The van der Waals surface area contributed by atoms with Gasteiger partial charge in [0, 0.05) is 12.6 Å². The maximum Gasteiger partial charge on any atom is 0.331 e. The van der Waals surface area contributed by atoms with E-state index in [4.69, 9.17) is 4.74 Å². The van der Waals surface area contributed by atoms with E-state index in [1.807, 2.05) is 30.3 Å². The number of ether oxygens (including phenoxy) is 1. The summed E-state index contributed by atoms with van der Waals surface area (Å²) in [5.74, 6) is -1.77. The van der Waals surface area contributed by atoms with Crippen molar-refractivity contribution in [2.75, 3.05) is 6.61 Å². The third-order valence-corrected chi connectivity index (χ3v) is 5.30. The summed E-state index contributed by atoms with van der Waals surface area (Å²) >= 11 is 0. The molecule has 1 atom stereocenters. The fourth-order valence-electron chi connectivity index (χ4n) is 3.59. The summed E-state index contributed by atoms with van der Waals surface area (Å²) in [7, 11) is 0. The Labute approximate surface area is 202 Å². The topological polar surface area (TPSA) is 116 Å². The van der Waals surface area contributed by atoms with Crippen molar-refractivity contribution >= 4 is 17.7 Å². The number of rotatable bonds is 10. The van der Waals surface area contributed by atoms with Gasteiger partial charge in [0.1, 0.15) is 12.6 Å². The summed E-state index contributed by atoms with van der Waals surface area (Å²) in [4.78, 5) is 63.2. The van der Waals surface area contributed by atoms with Gasteiger partial charge >= 0.3 is 11.7 Å². The van der Waals surface area contributed by atoms with E-state index in [0.29, 0.717) is 5.56 Å². The van der Waals surface area contributed by atoms with Crippen molar-refractivity contribution in [1.29, 1.82) is 0 Å². The van der Waals surface area contributed by atoms with Gasteiger partial charge in [-0.25, -0.2) is 9.59 Å². The maximum atomic E-state index is 13.1. The molecule has 0 spiro atoms. The molecule has 3 aromatic rings. The summed E-state index contributed by atoms with van der Waals surface area (Å²) < 4.78 is 7.01. The van der Waals surface area contributed by atoms with Crippen LogP contribution in [0.15, 0.2) is 76.4 Å². The van der Waals surface area contributed by atoms with Crippen molar-refractivity contribution in [1.82, 2.24) is 14.5 Å². The molecule has 182 valence electrons. The number of benzene rings is 2. The lowest BCUT2D eigenvalue weighted by Gasteiger charge is -2.18. The molecule has 0 aliphatic carbocycles. The summed E-state index contributed by atoms with van der Waals surface area (Å²) in [6.45, 7) is 2.48. The van der Waals surface area contributed by atoms with Gasteiger partial charge in [-0.1, -0.05) is 60.7 Å². The standard InChI is InChI=1S/C26H27N3O6/c1-3-35-25(33)22(14-19-10-6-4-7-11-19)27-23(31)17-28-16-21(18(2)30)24(32)29(26(28)34)15-20-12-8-5-9-13-20/h4-13,16,22H,3,14-15,17H2,1-2H3,(H,27,31). The van der Waals surface area contributed by atoms with Gasteiger partial charge in [0.2, 0.25) is 5.91 Å². The molecule has 1 amide bonds. The second kappa shape index (κ2) is 11.7. The molecule has 0 bridgehead atoms. The first-order valence-electron chi connectivity index (χ1n) is 11.2. The van der Waals surface area contributed by atoms with Gasteiger partial charge in [0.15, 0.2) is 5.78 Å². The number of hydrogen-bond donors (Lipinski definition) is 1. The van der Waals surface area contributed by atoms with E-state index in [1.54, 1.807) is 37.3 Å². The van der Waals surface area contributed by atoms with Crippen molar-refractivity contribution in [3.8, 4) is 0 Å². The van der Waals surface area contributed by atoms with E-state index >= 15 is 0 Å². The third kappa shape index (κ3) is 6.63. The van der Waals surface area contributed by atoms with Crippen LogP contribution in [0.3, 0.4) is 0 Å². The van der Waals surface area contributed by atoms with Crippen LogP contribution in [0, 0.1) is 0 Å². The molecule has 0 aliphatic heterocycles. The number of nitrogens with one attached hydrogen (secondary N) is 1. The lowest BCUT2D eigenvalue weighted by molar-refractivity contribution is -0.147. The second-order valence-corrected chi connectivity index (χ2v) is 7.95. The lowest BCUT2D eigenvalue weighted by Crippen LogP contribution is -2.48. The molecule has 0 aliphatic rings. The van der Waals surface area contributed by atoms with E-state index in [2.05, 4.69) is 5.32 Å². The molecule has 1 heterocycles. The summed E-state index contributed by atoms with van der Waals surface area (Å²) in [6.07, 6.45) is 1.29. The minimum absolute atomic E-state index is 0.0549. The Kier molecular flexibility index (Phi) is 8.50. The van der Waals surface area contributed by atoms with Gasteiger partial charge in [0.05, 0.1) is 18.7 Å². The SMILES string of the molecule is CCOC(=O)C(Cc1ccccc1)NC(=O)Cn1cc(C(C)=O)c(=O)n(Cc2ccccc2)c1=O. The first kappa shape index (κ1) is 25.4. The van der Waals surface area contributed by atoms with Crippen molar-refractivity contribution in [3.63, 3.8) is 0 Å². The Morgan fingerprint density at radius 3 is 2.11 bits per heavy atom. The molecule has 1 N–H and O–H groups in total. The number of ketones is 1. The average Bonchev–Trinajstić information content (AvgIpc) is 2.84. The highest BCUT2D eigenvalue weighted by Crippen LogP contribution is 2.06. The van der Waals surface area contributed by atoms with Gasteiger partial charge in [-0.2, -0.15) is 0 Å². The van der Waals surface area contributed by atoms with Gasteiger partial charge in [-0.05, 0) is 25.0 Å². The Balaban J connectivity index is 1.88. The molecule has 2 aromatic carbocycles. The average molecular weight is 478 g/mol. The van der Waals surface area contributed by atoms with Gasteiger partial charge in [-0.3, -0.25) is 23.5 Å². The van der Waals surface area contributed by atoms with E-state index in [1.165, 1.54) is 6.92 Å². The highest BCUT2D eigenvalue weighted by molar-refractivity contribution is 5.93. The zero-order valence-electron chi connectivity index (χ0n) is 19.6. The van der Waals surface area contributed by atoms with Crippen LogP contribution >= 0.6 is 0 Å². The van der Waals surface area contributed by atoms with Crippen molar-refractivity contribution in [2.24, 2.45) is 0 Å². The molecule has 1 unspecified atom stereocenters. The predicted molar refractivity (Wildman–Crippen MR) is 129 cm³/mol. The Morgan fingerprint density at radius 2 is 1.54 bits per heavy atom. The number of aromatic nitrogens is 2. The van der Waals surface area contributed by atoms with Crippen LogP contribution in [0.4, 0.5) is 0 Å². The number of Topliss-reactive ketones (excluding diaryl/α,β-unsaturated/α-hetero) is 1. The normalized spacial score (nSPS) is 11.5. The molecule has 9 heteroatoms. The van der Waals surface area contributed by atoms with Gasteiger partial charge in [0.25, 0.3) is 5.56 Å². The van der Waals surface area contributed by atoms with Crippen LogP contribution < -0.4 is 16.6 Å². The predicted octanol–water partition coefficient (Wildman–Crippen LogP) is 1.55. The fourth-order valence-corrected chi connectivity index (χ4v) is 3.59. The fraction of sp³-hybridized carbons (Fsp3) is 0.269. The van der Waals surface area contributed by atoms with Gasteiger partial charge in [-0.15, -0.1) is 0 Å². The highest BCUT2D eigenvalue weighted by atomic mass is 16.5. The van der Waals surface area contributed by atoms with Crippen LogP contribution in [-0.2, 0) is 33.8 Å². The quantitative estimate of drug-likeness (QED) is 0.350. The highest BCUT2D eigenvalue weighted by Gasteiger charge is 2.24. The monoisotopic (exact) mass is 477 g/mol. The Morgan fingerprint density at radius 1 is 0.943 bits per heavy atom. The minimum atomic E-state index is -0.969. The molecular weight excluding hydrogens is 450 g/mol. The first-order chi connectivity index (χ1) is 16.8. The Hall–Kier alpha value is -4.27. The second-order valence-electron chi connectivity index (χ2n) is 7.95. The molecule has 0 radical (unpaired) electrons. The third-order valence-electron chi connectivity index (χ3n) is 5.30. The smallest absolute Gasteiger partial charge is 0.331 e. The minimum Gasteiger partial charge on any atom is -0.464 e. The van der Waals surface area contributed by atoms with Gasteiger partial charge < -0.3 is 10.1 Å². The van der Waals surface area contributed by atoms with E-state index in [-0.39, 0.29) is 25.1 Å². The van der Waals surface area contributed by atoms with Crippen LogP contribution in [0.5, 0.6) is 0 Å². The number of nitrogens with zero attached hydrogens (tertiary/aromatic N) is 2. The molecular formula is C26H27N3O6. The van der Waals surface area contributed by atoms with Crippen molar-refractivity contribution in [2.45, 2.75) is 39.4 Å². The van der Waals surface area contributed by atoms with E-state index < -0.39 is 41.5 Å². The molecule has 0 saturated carbocycles. The van der Waals surface area contributed by atoms with Crippen LogP contribution in [0.1, 0.15) is 35.3 Å². The number of amides is 1. The number of hydrogen-bond acceptors (Lipinski definition) is 6. The summed E-state index contributed by atoms with van der Waals surface area (Å²) in [6, 6.07) is 17.0. The summed E-state index contributed by atoms with van der Waals surface area (Å²) in [5, 5.41) is 2.61. The number of carbonyl (C=O) groups is 3. The number of carbonyl (C=O) groups excluding carboxylic acids is 3. The van der Waals surface area contributed by atoms with Crippen LogP contribution in [0.25, 0.3) is 0 Å². The van der Waals surface area contributed by atoms with Crippen LogP contribution in [-0.4, -0.2) is 39.4 Å². The molecule has 35 heavy (non-hydrogen) atoms. The molecule has 1 aromatic heterocycles. The first-order valence-corrected chi connectivity index (χ1v) is 11.2. The van der Waals surface area contributed by atoms with E-state index in [0.717, 1.165) is 20.9 Å².